The van der Waals surface area contributed by atoms with Crippen LogP contribution in [0.25, 0.3) is 0 Å². The number of thioether (sulfide) groups is 1. The molecule has 140 valence electrons. The Morgan fingerprint density at radius 2 is 1.92 bits per heavy atom. The van der Waals surface area contributed by atoms with Crippen molar-refractivity contribution in [3.8, 4) is 0 Å². The van der Waals surface area contributed by atoms with Crippen LogP contribution >= 0.6 is 24.2 Å². The molecule has 1 aliphatic heterocycles. The monoisotopic (exact) mass is 398 g/mol. The van der Waals surface area contributed by atoms with E-state index in [1.165, 1.54) is 17.8 Å². The molecular weight excluding hydrogens is 378 g/mol. The van der Waals surface area contributed by atoms with Gasteiger partial charge >= 0.3 is 0 Å². The lowest BCUT2D eigenvalue weighted by Gasteiger charge is -2.23. The molecule has 2 N–H and O–H groups in total. The van der Waals surface area contributed by atoms with Crippen molar-refractivity contribution in [2.24, 2.45) is 11.7 Å². The normalized spacial score (nSPS) is 17.7. The van der Waals surface area contributed by atoms with Crippen LogP contribution in [0.3, 0.4) is 0 Å². The van der Waals surface area contributed by atoms with E-state index in [-0.39, 0.29) is 18.3 Å². The highest BCUT2D eigenvalue weighted by Crippen LogP contribution is 2.38. The number of hydrogen-bond acceptors (Lipinski definition) is 3. The van der Waals surface area contributed by atoms with E-state index in [1.54, 1.807) is 0 Å². The largest absolute Gasteiger partial charge is 0.341 e. The van der Waals surface area contributed by atoms with E-state index in [9.17, 15) is 13.6 Å². The average Bonchev–Trinajstić information content (AvgIpc) is 3.12. The molecule has 0 saturated carbocycles. The molecule has 26 heavy (non-hydrogen) atoms. The molecule has 1 heterocycles. The van der Waals surface area contributed by atoms with Crippen LogP contribution in [0.2, 0.25) is 0 Å². The summed E-state index contributed by atoms with van der Waals surface area (Å²) in [5, 5.41) is -0.498. The molecule has 0 radical (unpaired) electrons. The van der Waals surface area contributed by atoms with Crippen LogP contribution in [0.1, 0.15) is 17.2 Å². The van der Waals surface area contributed by atoms with Crippen molar-refractivity contribution in [2.45, 2.75) is 16.6 Å². The number of nitrogens with zero attached hydrogens (tertiary/aromatic N) is 1. The van der Waals surface area contributed by atoms with Crippen molar-refractivity contribution in [3.05, 3.63) is 65.7 Å². The van der Waals surface area contributed by atoms with E-state index in [0.29, 0.717) is 30.4 Å². The number of likely N-dealkylation sites (tertiary alicyclic amines) is 1. The maximum Gasteiger partial charge on any atom is 0.240 e. The summed E-state index contributed by atoms with van der Waals surface area (Å²) in [5.41, 5.74) is 6.56. The minimum Gasteiger partial charge on any atom is -0.341 e. The highest BCUT2D eigenvalue weighted by atomic mass is 35.5. The number of rotatable bonds is 5. The predicted molar refractivity (Wildman–Crippen MR) is 102 cm³/mol. The molecule has 1 saturated heterocycles. The fourth-order valence-electron chi connectivity index (χ4n) is 2.97. The molecule has 2 unspecified atom stereocenters. The summed E-state index contributed by atoms with van der Waals surface area (Å²) in [5.74, 6) is -1.49. The van der Waals surface area contributed by atoms with Crippen molar-refractivity contribution in [3.63, 3.8) is 0 Å². The summed E-state index contributed by atoms with van der Waals surface area (Å²) in [4.78, 5) is 15.4. The first-order valence-electron chi connectivity index (χ1n) is 8.24. The Kier molecular flexibility index (Phi) is 7.43. The molecule has 1 amide bonds. The Balaban J connectivity index is 0.00000243. The summed E-state index contributed by atoms with van der Waals surface area (Å²) in [6.45, 7) is 1.90. The van der Waals surface area contributed by atoms with E-state index in [2.05, 4.69) is 0 Å². The van der Waals surface area contributed by atoms with Gasteiger partial charge in [0.15, 0.2) is 11.6 Å². The van der Waals surface area contributed by atoms with Gasteiger partial charge < -0.3 is 10.6 Å². The Morgan fingerprint density at radius 1 is 1.19 bits per heavy atom. The number of nitrogens with two attached hydrogens (primary N) is 1. The van der Waals surface area contributed by atoms with Gasteiger partial charge in [-0.05, 0) is 42.6 Å². The van der Waals surface area contributed by atoms with E-state index >= 15 is 0 Å². The summed E-state index contributed by atoms with van der Waals surface area (Å²) in [6, 6.07) is 13.1. The molecule has 3 nitrogen and oxygen atoms in total. The number of amides is 1. The molecule has 1 fully saturated rings. The Bertz CT molecular complexity index is 748. The quantitative estimate of drug-likeness (QED) is 0.773. The summed E-state index contributed by atoms with van der Waals surface area (Å²) in [6.07, 6.45) is 0.902. The lowest BCUT2D eigenvalue weighted by Crippen LogP contribution is -2.33. The third-order valence-corrected chi connectivity index (χ3v) is 5.64. The maximum absolute atomic E-state index is 13.5. The van der Waals surface area contributed by atoms with Gasteiger partial charge in [-0.2, -0.15) is 0 Å². The minimum atomic E-state index is -0.909. The average molecular weight is 399 g/mol. The molecule has 3 rings (SSSR count). The van der Waals surface area contributed by atoms with Gasteiger partial charge in [-0.15, -0.1) is 24.2 Å². The Labute approximate surface area is 162 Å². The molecule has 0 bridgehead atoms. The zero-order valence-electron chi connectivity index (χ0n) is 14.1. The van der Waals surface area contributed by atoms with E-state index in [4.69, 9.17) is 5.73 Å². The first-order valence-corrected chi connectivity index (χ1v) is 9.12. The van der Waals surface area contributed by atoms with Gasteiger partial charge in [-0.25, -0.2) is 8.78 Å². The minimum absolute atomic E-state index is 0. The van der Waals surface area contributed by atoms with Crippen molar-refractivity contribution in [2.75, 3.05) is 19.6 Å². The van der Waals surface area contributed by atoms with Crippen LogP contribution in [0.5, 0.6) is 0 Å². The van der Waals surface area contributed by atoms with Crippen molar-refractivity contribution < 1.29 is 13.6 Å². The molecule has 7 heteroatoms. The standard InChI is InChI=1S/C19H20F2N2OS.ClH/c20-16-7-6-15(10-17(16)21)25-18(14-4-2-1-3-5-14)19(24)23-9-8-13(11-22)12-23;/h1-7,10,13,18H,8-9,11-12,22H2;1H. The highest BCUT2D eigenvalue weighted by molar-refractivity contribution is 8.00. The van der Waals surface area contributed by atoms with Gasteiger partial charge in [0.2, 0.25) is 5.91 Å². The number of carbonyl (C=O) groups is 1. The zero-order valence-corrected chi connectivity index (χ0v) is 15.7. The predicted octanol–water partition coefficient (Wildman–Crippen LogP) is 4.03. The zero-order chi connectivity index (χ0) is 17.8. The van der Waals surface area contributed by atoms with Crippen LogP contribution in [0.4, 0.5) is 8.78 Å². The molecule has 0 aliphatic carbocycles. The summed E-state index contributed by atoms with van der Waals surface area (Å²) < 4.78 is 26.7. The third-order valence-electron chi connectivity index (χ3n) is 4.40. The molecule has 2 aromatic carbocycles. The number of hydrogen-bond donors (Lipinski definition) is 1. The first kappa shape index (κ1) is 20.7. The fraction of sp³-hybridized carbons (Fsp3) is 0.316. The topological polar surface area (TPSA) is 46.3 Å². The molecule has 2 aromatic rings. The van der Waals surface area contributed by atoms with Crippen LogP contribution < -0.4 is 5.73 Å². The van der Waals surface area contributed by atoms with Gasteiger partial charge in [-0.1, -0.05) is 30.3 Å². The van der Waals surface area contributed by atoms with Gasteiger partial charge in [0.1, 0.15) is 5.25 Å². The second kappa shape index (κ2) is 9.35. The van der Waals surface area contributed by atoms with Gasteiger partial charge in [0, 0.05) is 18.0 Å². The van der Waals surface area contributed by atoms with Crippen LogP contribution in [-0.2, 0) is 4.79 Å². The summed E-state index contributed by atoms with van der Waals surface area (Å²) >= 11 is 1.24. The van der Waals surface area contributed by atoms with Crippen molar-refractivity contribution in [1.82, 2.24) is 4.90 Å². The van der Waals surface area contributed by atoms with E-state index in [0.717, 1.165) is 24.1 Å². The van der Waals surface area contributed by atoms with Crippen LogP contribution in [-0.4, -0.2) is 30.4 Å². The lowest BCUT2D eigenvalue weighted by molar-refractivity contribution is -0.129. The number of benzene rings is 2. The van der Waals surface area contributed by atoms with Crippen molar-refractivity contribution in [1.29, 1.82) is 0 Å². The lowest BCUT2D eigenvalue weighted by atomic mass is 10.1. The van der Waals surface area contributed by atoms with Crippen LogP contribution in [0, 0.1) is 17.6 Å². The van der Waals surface area contributed by atoms with E-state index in [1.807, 2.05) is 35.2 Å². The van der Waals surface area contributed by atoms with Gasteiger partial charge in [0.05, 0.1) is 0 Å². The van der Waals surface area contributed by atoms with E-state index < -0.39 is 16.9 Å². The highest BCUT2D eigenvalue weighted by Gasteiger charge is 2.32. The van der Waals surface area contributed by atoms with Crippen molar-refractivity contribution >= 4 is 30.1 Å². The molecular formula is C19H21ClF2N2OS. The van der Waals surface area contributed by atoms with Gasteiger partial charge in [0.25, 0.3) is 0 Å². The number of carbonyl (C=O) groups excluding carboxylic acids is 1. The van der Waals surface area contributed by atoms with Crippen LogP contribution in [0.15, 0.2) is 53.4 Å². The molecule has 0 aromatic heterocycles. The molecule has 1 aliphatic rings. The third kappa shape index (κ3) is 4.75. The second-order valence-electron chi connectivity index (χ2n) is 6.16. The smallest absolute Gasteiger partial charge is 0.240 e. The fourth-order valence-corrected chi connectivity index (χ4v) is 4.10. The molecule has 0 spiro atoms. The summed E-state index contributed by atoms with van der Waals surface area (Å²) in [7, 11) is 0. The second-order valence-corrected chi connectivity index (χ2v) is 7.34. The van der Waals surface area contributed by atoms with Gasteiger partial charge in [-0.3, -0.25) is 4.79 Å². The number of halogens is 3. The molecule has 2 atom stereocenters. The first-order chi connectivity index (χ1) is 12.1. The SMILES string of the molecule is Cl.NCC1CCN(C(=O)C(Sc2ccc(F)c(F)c2)c2ccccc2)C1. The Morgan fingerprint density at radius 3 is 2.54 bits per heavy atom. The maximum atomic E-state index is 13.5. The Hall–Kier alpha value is -1.63.